The van der Waals surface area contributed by atoms with Crippen LogP contribution in [0.25, 0.3) is 16.7 Å². The number of pyridine rings is 1. The van der Waals surface area contributed by atoms with Gasteiger partial charge in [0.05, 0.1) is 12.1 Å². The molecule has 6 nitrogen and oxygen atoms in total. The van der Waals surface area contributed by atoms with Crippen LogP contribution in [0, 0.1) is 0 Å². The number of hydrogen-bond acceptors (Lipinski definition) is 4. The second-order valence-electron chi connectivity index (χ2n) is 4.33. The third-order valence-corrected chi connectivity index (χ3v) is 3.01. The molecule has 3 N–H and O–H groups in total. The number of rotatable bonds is 3. The van der Waals surface area contributed by atoms with Crippen molar-refractivity contribution < 1.29 is 9.90 Å². The number of carbonyl (C=O) groups is 1. The van der Waals surface area contributed by atoms with Gasteiger partial charge in [-0.3, -0.25) is 4.79 Å². The second kappa shape index (κ2) is 4.75. The molecule has 0 unspecified atom stereocenters. The Morgan fingerprint density at radius 3 is 2.80 bits per heavy atom. The van der Waals surface area contributed by atoms with Crippen LogP contribution >= 0.6 is 0 Å². The molecule has 0 radical (unpaired) electrons. The maximum atomic E-state index is 11.1. The van der Waals surface area contributed by atoms with E-state index in [1.54, 1.807) is 6.20 Å². The van der Waals surface area contributed by atoms with Gasteiger partial charge in [0.2, 0.25) is 0 Å². The van der Waals surface area contributed by atoms with Crippen molar-refractivity contribution in [3.63, 3.8) is 0 Å². The summed E-state index contributed by atoms with van der Waals surface area (Å²) in [5, 5.41) is 14.5. The zero-order valence-electron chi connectivity index (χ0n) is 10.5. The number of aromatic nitrogens is 3. The van der Waals surface area contributed by atoms with Crippen LogP contribution in [0.5, 0.6) is 0 Å². The van der Waals surface area contributed by atoms with Crippen LogP contribution < -0.4 is 5.73 Å². The maximum absolute atomic E-state index is 11.1. The van der Waals surface area contributed by atoms with Crippen LogP contribution in [-0.2, 0) is 6.61 Å². The van der Waals surface area contributed by atoms with E-state index in [0.717, 1.165) is 10.9 Å². The summed E-state index contributed by atoms with van der Waals surface area (Å²) in [7, 11) is 0. The molecule has 100 valence electrons. The van der Waals surface area contributed by atoms with Crippen molar-refractivity contribution in [3.05, 3.63) is 53.9 Å². The monoisotopic (exact) mass is 268 g/mol. The van der Waals surface area contributed by atoms with E-state index in [4.69, 9.17) is 5.73 Å². The highest BCUT2D eigenvalue weighted by atomic mass is 16.3. The third kappa shape index (κ3) is 2.02. The minimum absolute atomic E-state index is 0.156. The van der Waals surface area contributed by atoms with Crippen LogP contribution in [0.2, 0.25) is 0 Å². The standard InChI is InChI=1S/C14H12N4O2/c15-13(20)12-5-6-18(17-12)14-10(8-19)7-9-3-1-2-4-11(9)16-14/h1-7,19H,8H2,(H2,15,20). The fourth-order valence-corrected chi connectivity index (χ4v) is 2.04. The first kappa shape index (κ1) is 12.3. The Hall–Kier alpha value is -2.73. The van der Waals surface area contributed by atoms with Gasteiger partial charge in [0.15, 0.2) is 5.82 Å². The zero-order chi connectivity index (χ0) is 14.1. The molecule has 6 heteroatoms. The Balaban J connectivity index is 2.20. The predicted octanol–water partition coefficient (Wildman–Crippen LogP) is 1.01. The molecule has 0 saturated carbocycles. The van der Waals surface area contributed by atoms with E-state index in [2.05, 4.69) is 10.1 Å². The Morgan fingerprint density at radius 1 is 1.30 bits per heavy atom. The van der Waals surface area contributed by atoms with E-state index in [9.17, 15) is 9.90 Å². The minimum Gasteiger partial charge on any atom is -0.392 e. The molecule has 3 rings (SSSR count). The van der Waals surface area contributed by atoms with Crippen molar-refractivity contribution in [2.24, 2.45) is 5.73 Å². The third-order valence-electron chi connectivity index (χ3n) is 3.01. The van der Waals surface area contributed by atoms with Crippen molar-refractivity contribution in [1.82, 2.24) is 14.8 Å². The molecule has 0 atom stereocenters. The van der Waals surface area contributed by atoms with Crippen LogP contribution in [0.1, 0.15) is 16.1 Å². The number of primary amides is 1. The van der Waals surface area contributed by atoms with Gasteiger partial charge >= 0.3 is 0 Å². The highest BCUT2D eigenvalue weighted by Gasteiger charge is 2.11. The first-order valence-corrected chi connectivity index (χ1v) is 6.04. The average Bonchev–Trinajstić information content (AvgIpc) is 2.95. The van der Waals surface area contributed by atoms with Gasteiger partial charge in [-0.15, -0.1) is 0 Å². The molecule has 0 spiro atoms. The van der Waals surface area contributed by atoms with E-state index in [1.807, 2.05) is 30.3 Å². The largest absolute Gasteiger partial charge is 0.392 e. The summed E-state index contributed by atoms with van der Waals surface area (Å²) in [6.45, 7) is -0.168. The molecule has 0 aliphatic heterocycles. The lowest BCUT2D eigenvalue weighted by atomic mass is 10.1. The van der Waals surface area contributed by atoms with Crippen molar-refractivity contribution in [2.75, 3.05) is 0 Å². The number of amides is 1. The minimum atomic E-state index is -0.602. The normalized spacial score (nSPS) is 10.8. The zero-order valence-corrected chi connectivity index (χ0v) is 10.5. The van der Waals surface area contributed by atoms with Crippen LogP contribution in [0.4, 0.5) is 0 Å². The highest BCUT2D eigenvalue weighted by Crippen LogP contribution is 2.19. The Bertz CT molecular complexity index is 795. The van der Waals surface area contributed by atoms with Crippen LogP contribution in [0.3, 0.4) is 0 Å². The van der Waals surface area contributed by atoms with E-state index < -0.39 is 5.91 Å². The van der Waals surface area contributed by atoms with Gasteiger partial charge in [0, 0.05) is 17.1 Å². The molecule has 2 aromatic heterocycles. The first-order chi connectivity index (χ1) is 9.69. The maximum Gasteiger partial charge on any atom is 0.269 e. The number of benzene rings is 1. The molecule has 2 heterocycles. The van der Waals surface area contributed by atoms with Gasteiger partial charge in [0.1, 0.15) is 5.69 Å². The van der Waals surface area contributed by atoms with Gasteiger partial charge < -0.3 is 10.8 Å². The molecule has 0 aliphatic carbocycles. The quantitative estimate of drug-likeness (QED) is 0.741. The summed E-state index contributed by atoms with van der Waals surface area (Å²) in [4.78, 5) is 15.6. The topological polar surface area (TPSA) is 94.0 Å². The van der Waals surface area contributed by atoms with E-state index in [-0.39, 0.29) is 12.3 Å². The predicted molar refractivity (Wildman–Crippen MR) is 73.3 cm³/mol. The number of aliphatic hydroxyl groups is 1. The number of carbonyl (C=O) groups excluding carboxylic acids is 1. The summed E-state index contributed by atoms with van der Waals surface area (Å²) in [6, 6.07) is 10.9. The summed E-state index contributed by atoms with van der Waals surface area (Å²) in [5.74, 6) is -0.117. The number of hydrogen-bond donors (Lipinski definition) is 2. The molecule has 0 fully saturated rings. The molecular formula is C14H12N4O2. The Kier molecular flexibility index (Phi) is 2.92. The van der Waals surface area contributed by atoms with Crippen molar-refractivity contribution >= 4 is 16.8 Å². The lowest BCUT2D eigenvalue weighted by Gasteiger charge is -2.08. The lowest BCUT2D eigenvalue weighted by Crippen LogP contribution is -2.13. The molecule has 1 amide bonds. The molecule has 3 aromatic rings. The van der Waals surface area contributed by atoms with Gasteiger partial charge in [-0.25, -0.2) is 9.67 Å². The highest BCUT2D eigenvalue weighted by molar-refractivity contribution is 5.90. The molecule has 1 aromatic carbocycles. The van der Waals surface area contributed by atoms with Crippen molar-refractivity contribution in [1.29, 1.82) is 0 Å². The Labute approximate surface area is 114 Å². The number of nitrogens with two attached hydrogens (primary N) is 1. The number of para-hydroxylation sites is 1. The summed E-state index contributed by atoms with van der Waals surface area (Å²) < 4.78 is 1.44. The lowest BCUT2D eigenvalue weighted by molar-refractivity contribution is 0.0995. The van der Waals surface area contributed by atoms with E-state index >= 15 is 0 Å². The smallest absolute Gasteiger partial charge is 0.269 e. The number of nitrogens with zero attached hydrogens (tertiary/aromatic N) is 3. The van der Waals surface area contributed by atoms with E-state index in [0.29, 0.717) is 11.4 Å². The van der Waals surface area contributed by atoms with Crippen LogP contribution in [-0.4, -0.2) is 25.8 Å². The molecule has 20 heavy (non-hydrogen) atoms. The molecule has 0 saturated heterocycles. The van der Waals surface area contributed by atoms with Gasteiger partial charge in [-0.2, -0.15) is 5.10 Å². The molecule has 0 bridgehead atoms. The van der Waals surface area contributed by atoms with Gasteiger partial charge in [0.25, 0.3) is 5.91 Å². The summed E-state index contributed by atoms with van der Waals surface area (Å²) >= 11 is 0. The van der Waals surface area contributed by atoms with Crippen molar-refractivity contribution in [3.8, 4) is 5.82 Å². The molecular weight excluding hydrogens is 256 g/mol. The molecule has 0 aliphatic rings. The summed E-state index contributed by atoms with van der Waals surface area (Å²) in [6.07, 6.45) is 1.59. The SMILES string of the molecule is NC(=O)c1ccn(-c2nc3ccccc3cc2CO)n1. The number of fused-ring (bicyclic) bond motifs is 1. The Morgan fingerprint density at radius 2 is 2.10 bits per heavy atom. The number of aliphatic hydroxyl groups excluding tert-OH is 1. The van der Waals surface area contributed by atoms with Crippen LogP contribution in [0.15, 0.2) is 42.6 Å². The fourth-order valence-electron chi connectivity index (χ4n) is 2.04. The second-order valence-corrected chi connectivity index (χ2v) is 4.33. The van der Waals surface area contributed by atoms with Gasteiger partial charge in [-0.1, -0.05) is 18.2 Å². The average molecular weight is 268 g/mol. The summed E-state index contributed by atoms with van der Waals surface area (Å²) in [5.41, 5.74) is 6.75. The van der Waals surface area contributed by atoms with Crippen molar-refractivity contribution in [2.45, 2.75) is 6.61 Å². The van der Waals surface area contributed by atoms with E-state index in [1.165, 1.54) is 10.7 Å². The van der Waals surface area contributed by atoms with Gasteiger partial charge in [-0.05, 0) is 18.2 Å². The first-order valence-electron chi connectivity index (χ1n) is 6.04. The fraction of sp³-hybridized carbons (Fsp3) is 0.0714.